The standard InChI is InChI=1S/C47H85NO12/c1-6-10-14-18-22-26-30-42(49)55-36-40(37-56-43(50)31-27-23-19-15-11-7-2)59-46(53)34-48(5)35-47(54)60-41(38-57-44(51)32-28-24-20-16-12-8-3)39-58-45(52)33-29-25-21-17-13-9-4/h40-41H,6-39H2,1-5H3. The highest BCUT2D eigenvalue weighted by Gasteiger charge is 2.24. The van der Waals surface area contributed by atoms with Gasteiger partial charge in [-0.05, 0) is 32.7 Å². The molecule has 60 heavy (non-hydrogen) atoms. The Morgan fingerprint density at radius 2 is 0.550 bits per heavy atom. The van der Waals surface area contributed by atoms with E-state index in [-0.39, 0.29) is 65.2 Å². The smallest absolute Gasteiger partial charge is 0.320 e. The second kappa shape index (κ2) is 41.1. The highest BCUT2D eigenvalue weighted by Crippen LogP contribution is 2.12. The first-order valence-electron chi connectivity index (χ1n) is 23.7. The quantitative estimate of drug-likeness (QED) is 0.0324. The minimum absolute atomic E-state index is 0.243. The van der Waals surface area contributed by atoms with Gasteiger partial charge in [0.2, 0.25) is 0 Å². The van der Waals surface area contributed by atoms with Crippen LogP contribution in [-0.4, -0.2) is 99.5 Å². The Labute approximate surface area is 363 Å². The third kappa shape index (κ3) is 37.8. The second-order valence-corrected chi connectivity index (χ2v) is 16.2. The molecule has 0 aromatic heterocycles. The van der Waals surface area contributed by atoms with Crippen LogP contribution in [0.15, 0.2) is 0 Å². The Balaban J connectivity index is 5.20. The fraction of sp³-hybridized carbons (Fsp3) is 0.872. The van der Waals surface area contributed by atoms with E-state index in [0.717, 1.165) is 103 Å². The minimum atomic E-state index is -1.03. The van der Waals surface area contributed by atoms with Crippen molar-refractivity contribution in [2.45, 2.75) is 220 Å². The van der Waals surface area contributed by atoms with E-state index in [1.807, 2.05) is 0 Å². The maximum Gasteiger partial charge on any atom is 0.320 e. The highest BCUT2D eigenvalue weighted by atomic mass is 16.6. The molecule has 350 valence electrons. The van der Waals surface area contributed by atoms with Gasteiger partial charge in [-0.15, -0.1) is 0 Å². The van der Waals surface area contributed by atoms with Gasteiger partial charge in [0, 0.05) is 25.7 Å². The topological polar surface area (TPSA) is 161 Å². The summed E-state index contributed by atoms with van der Waals surface area (Å²) in [4.78, 5) is 77.2. The maximum absolute atomic E-state index is 13.0. The van der Waals surface area contributed by atoms with Gasteiger partial charge in [-0.3, -0.25) is 33.7 Å². The molecule has 0 heterocycles. The van der Waals surface area contributed by atoms with Crippen molar-refractivity contribution in [2.24, 2.45) is 0 Å². The lowest BCUT2D eigenvalue weighted by atomic mass is 10.1. The first-order valence-corrected chi connectivity index (χ1v) is 23.7. The van der Waals surface area contributed by atoms with Crippen molar-refractivity contribution in [3.8, 4) is 0 Å². The van der Waals surface area contributed by atoms with Gasteiger partial charge in [0.05, 0.1) is 13.1 Å². The van der Waals surface area contributed by atoms with Crippen molar-refractivity contribution in [1.29, 1.82) is 0 Å². The van der Waals surface area contributed by atoms with E-state index >= 15 is 0 Å². The molecule has 0 aliphatic rings. The van der Waals surface area contributed by atoms with Gasteiger partial charge in [0.1, 0.15) is 26.4 Å². The molecule has 13 heteroatoms. The van der Waals surface area contributed by atoms with Gasteiger partial charge >= 0.3 is 35.8 Å². The molecule has 0 bridgehead atoms. The number of nitrogens with zero attached hydrogens (tertiary/aromatic N) is 1. The average molecular weight is 856 g/mol. The van der Waals surface area contributed by atoms with E-state index in [1.165, 1.54) is 37.6 Å². The van der Waals surface area contributed by atoms with Crippen molar-refractivity contribution in [3.05, 3.63) is 0 Å². The first-order chi connectivity index (χ1) is 29.0. The van der Waals surface area contributed by atoms with Crippen LogP contribution >= 0.6 is 0 Å². The molecule has 0 aliphatic carbocycles. The Morgan fingerprint density at radius 1 is 0.333 bits per heavy atom. The van der Waals surface area contributed by atoms with Crippen LogP contribution < -0.4 is 0 Å². The molecule has 0 atom stereocenters. The molecule has 0 saturated heterocycles. The van der Waals surface area contributed by atoms with Crippen LogP contribution in [0.4, 0.5) is 0 Å². The number of carbonyl (C=O) groups is 6. The highest BCUT2D eigenvalue weighted by molar-refractivity contribution is 5.75. The number of hydrogen-bond donors (Lipinski definition) is 0. The van der Waals surface area contributed by atoms with E-state index in [1.54, 1.807) is 0 Å². The summed E-state index contributed by atoms with van der Waals surface area (Å²) >= 11 is 0. The maximum atomic E-state index is 13.0. The Kier molecular flexibility index (Phi) is 38.9. The van der Waals surface area contributed by atoms with Gasteiger partial charge in [0.25, 0.3) is 0 Å². The minimum Gasteiger partial charge on any atom is -0.462 e. The summed E-state index contributed by atoms with van der Waals surface area (Å²) in [6, 6.07) is 0. The van der Waals surface area contributed by atoms with Crippen molar-refractivity contribution in [3.63, 3.8) is 0 Å². The molecule has 0 spiro atoms. The number of carbonyl (C=O) groups excluding carboxylic acids is 6. The van der Waals surface area contributed by atoms with Crippen LogP contribution in [0, 0.1) is 0 Å². The summed E-state index contributed by atoms with van der Waals surface area (Å²) in [5.74, 6) is -3.11. The number of esters is 6. The van der Waals surface area contributed by atoms with Crippen LogP contribution in [-0.2, 0) is 57.2 Å². The lowest BCUT2D eigenvalue weighted by Gasteiger charge is -2.22. The van der Waals surface area contributed by atoms with Crippen LogP contribution in [0.2, 0.25) is 0 Å². The monoisotopic (exact) mass is 856 g/mol. The van der Waals surface area contributed by atoms with Gasteiger partial charge in [-0.1, -0.05) is 156 Å². The number of likely N-dealkylation sites (N-methyl/N-ethyl adjacent to an activating group) is 1. The molecular formula is C47H85NO12. The molecule has 0 saturated carbocycles. The average Bonchev–Trinajstić information content (AvgIpc) is 3.21. The predicted molar refractivity (Wildman–Crippen MR) is 233 cm³/mol. The predicted octanol–water partition coefficient (Wildman–Crippen LogP) is 9.92. The summed E-state index contributed by atoms with van der Waals surface area (Å²) in [5, 5.41) is 0. The molecule has 0 rings (SSSR count). The van der Waals surface area contributed by atoms with Gasteiger partial charge in [-0.25, -0.2) is 0 Å². The molecule has 0 aromatic rings. The molecule has 0 fully saturated rings. The molecule has 0 radical (unpaired) electrons. The fourth-order valence-corrected chi connectivity index (χ4v) is 6.41. The molecule has 0 aromatic carbocycles. The lowest BCUT2D eigenvalue weighted by Crippen LogP contribution is -2.39. The van der Waals surface area contributed by atoms with E-state index in [2.05, 4.69) is 27.7 Å². The summed E-state index contributed by atoms with van der Waals surface area (Å²) in [6.07, 6.45) is 23.4. The zero-order valence-corrected chi connectivity index (χ0v) is 38.5. The Hall–Kier alpha value is -3.22. The normalized spacial score (nSPS) is 11.2. The van der Waals surface area contributed by atoms with Gasteiger partial charge < -0.3 is 28.4 Å². The van der Waals surface area contributed by atoms with Crippen LogP contribution in [0.3, 0.4) is 0 Å². The number of hydrogen-bond acceptors (Lipinski definition) is 13. The SMILES string of the molecule is CCCCCCCCC(=O)OCC(COC(=O)CCCCCCCC)OC(=O)CN(C)CC(=O)OC(COC(=O)CCCCCCCC)COC(=O)CCCCCCCC. The molecule has 0 aliphatic heterocycles. The molecule has 0 N–H and O–H groups in total. The van der Waals surface area contributed by atoms with E-state index in [9.17, 15) is 28.8 Å². The van der Waals surface area contributed by atoms with E-state index < -0.39 is 48.0 Å². The summed E-state index contributed by atoms with van der Waals surface area (Å²) < 4.78 is 32.8. The van der Waals surface area contributed by atoms with E-state index in [0.29, 0.717) is 25.7 Å². The summed E-state index contributed by atoms with van der Waals surface area (Å²) in [7, 11) is 1.52. The van der Waals surface area contributed by atoms with Crippen LogP contribution in [0.5, 0.6) is 0 Å². The van der Waals surface area contributed by atoms with Crippen LogP contribution in [0.25, 0.3) is 0 Å². The Bertz CT molecular complexity index is 968. The second-order valence-electron chi connectivity index (χ2n) is 16.2. The fourth-order valence-electron chi connectivity index (χ4n) is 6.41. The van der Waals surface area contributed by atoms with Gasteiger partial charge in [0.15, 0.2) is 12.2 Å². The number of unbranched alkanes of at least 4 members (excludes halogenated alkanes) is 20. The zero-order chi connectivity index (χ0) is 44.5. The number of rotatable bonds is 42. The third-order valence-electron chi connectivity index (χ3n) is 10.1. The largest absolute Gasteiger partial charge is 0.462 e. The lowest BCUT2D eigenvalue weighted by molar-refractivity contribution is -0.170. The van der Waals surface area contributed by atoms with Crippen molar-refractivity contribution >= 4 is 35.8 Å². The molecule has 0 amide bonds. The first kappa shape index (κ1) is 56.8. The van der Waals surface area contributed by atoms with Crippen LogP contribution in [0.1, 0.15) is 207 Å². The van der Waals surface area contributed by atoms with E-state index in [4.69, 9.17) is 28.4 Å². The molecule has 0 unspecified atom stereocenters. The van der Waals surface area contributed by atoms with Crippen molar-refractivity contribution < 1.29 is 57.2 Å². The zero-order valence-electron chi connectivity index (χ0n) is 38.5. The van der Waals surface area contributed by atoms with Crippen molar-refractivity contribution in [2.75, 3.05) is 46.6 Å². The summed E-state index contributed by atoms with van der Waals surface area (Å²) in [6.45, 7) is 6.86. The Morgan fingerprint density at radius 3 is 0.783 bits per heavy atom. The third-order valence-corrected chi connectivity index (χ3v) is 10.1. The molecule has 13 nitrogen and oxygen atoms in total. The van der Waals surface area contributed by atoms with Crippen molar-refractivity contribution in [1.82, 2.24) is 4.90 Å². The summed E-state index contributed by atoms with van der Waals surface area (Å²) in [5.41, 5.74) is 0. The van der Waals surface area contributed by atoms with Gasteiger partial charge in [-0.2, -0.15) is 0 Å². The molecular weight excluding hydrogens is 771 g/mol. The number of ether oxygens (including phenoxy) is 6.